The van der Waals surface area contributed by atoms with Crippen LogP contribution in [0.25, 0.3) is 11.5 Å². The van der Waals surface area contributed by atoms with Crippen molar-refractivity contribution in [3.63, 3.8) is 0 Å². The number of nitrogens with zero attached hydrogens (tertiary/aromatic N) is 3. The van der Waals surface area contributed by atoms with Gasteiger partial charge in [-0.15, -0.1) is 10.2 Å². The molecule has 3 rings (SSSR count). The number of ether oxygens (including phenoxy) is 1. The molecule has 92 valence electrons. The summed E-state index contributed by atoms with van der Waals surface area (Å²) < 4.78 is 4.93. The van der Waals surface area contributed by atoms with Crippen LogP contribution in [-0.4, -0.2) is 27.3 Å². The fraction of sp³-hybridized carbons (Fsp3) is 0.273. The van der Waals surface area contributed by atoms with Crippen LogP contribution >= 0.6 is 0 Å². The highest BCUT2D eigenvalue weighted by Gasteiger charge is 2.17. The van der Waals surface area contributed by atoms with Crippen LogP contribution in [0.2, 0.25) is 0 Å². The molecule has 7 heteroatoms. The summed E-state index contributed by atoms with van der Waals surface area (Å²) in [5.41, 5.74) is 1.85. The Labute approximate surface area is 102 Å². The molecule has 2 aromatic heterocycles. The Kier molecular flexibility index (Phi) is 2.52. The van der Waals surface area contributed by atoms with Crippen LogP contribution in [-0.2, 0) is 13.1 Å². The fourth-order valence-corrected chi connectivity index (χ4v) is 1.86. The minimum atomic E-state index is -0.127. The summed E-state index contributed by atoms with van der Waals surface area (Å²) in [7, 11) is 1.52. The van der Waals surface area contributed by atoms with Gasteiger partial charge in [-0.05, 0) is 6.07 Å². The summed E-state index contributed by atoms with van der Waals surface area (Å²) in [5.74, 6) is 0.849. The van der Waals surface area contributed by atoms with Gasteiger partial charge in [0, 0.05) is 19.2 Å². The minimum Gasteiger partial charge on any atom is -0.480 e. The lowest BCUT2D eigenvalue weighted by Gasteiger charge is -2.03. The highest BCUT2D eigenvalue weighted by Crippen LogP contribution is 2.15. The van der Waals surface area contributed by atoms with Gasteiger partial charge >= 0.3 is 0 Å². The molecule has 0 aliphatic carbocycles. The standard InChI is InChI=1S/C11H11N5O2/c1-18-9-3-2-7(15-16-9)10-13-8-5-12-4-6(8)11(17)14-10/h2-3,12H,4-5H2,1H3,(H,13,14,17). The van der Waals surface area contributed by atoms with E-state index in [9.17, 15) is 4.79 Å². The first-order valence-electron chi connectivity index (χ1n) is 5.49. The maximum Gasteiger partial charge on any atom is 0.256 e. The quantitative estimate of drug-likeness (QED) is 0.763. The molecule has 18 heavy (non-hydrogen) atoms. The number of nitrogens with one attached hydrogen (secondary N) is 2. The topological polar surface area (TPSA) is 92.8 Å². The molecule has 0 amide bonds. The third-order valence-electron chi connectivity index (χ3n) is 2.79. The minimum absolute atomic E-state index is 0.127. The summed E-state index contributed by atoms with van der Waals surface area (Å²) in [4.78, 5) is 18.9. The zero-order chi connectivity index (χ0) is 12.5. The number of H-pyrrole nitrogens is 1. The second-order valence-electron chi connectivity index (χ2n) is 3.90. The van der Waals surface area contributed by atoms with E-state index < -0.39 is 0 Å². The third-order valence-corrected chi connectivity index (χ3v) is 2.79. The zero-order valence-corrected chi connectivity index (χ0v) is 9.73. The van der Waals surface area contributed by atoms with E-state index in [1.165, 1.54) is 7.11 Å². The van der Waals surface area contributed by atoms with E-state index in [0.717, 1.165) is 5.69 Å². The summed E-state index contributed by atoms with van der Waals surface area (Å²) >= 11 is 0. The molecule has 7 nitrogen and oxygen atoms in total. The van der Waals surface area contributed by atoms with E-state index in [1.54, 1.807) is 12.1 Å². The van der Waals surface area contributed by atoms with Crippen LogP contribution in [0.5, 0.6) is 5.88 Å². The highest BCUT2D eigenvalue weighted by atomic mass is 16.5. The summed E-state index contributed by atoms with van der Waals surface area (Å²) in [6, 6.07) is 3.38. The molecule has 1 aliphatic heterocycles. The van der Waals surface area contributed by atoms with Crippen LogP contribution in [0.1, 0.15) is 11.3 Å². The maximum atomic E-state index is 11.8. The number of aromatic nitrogens is 4. The first-order chi connectivity index (χ1) is 8.78. The normalized spacial score (nSPS) is 13.4. The van der Waals surface area contributed by atoms with Crippen molar-refractivity contribution in [1.29, 1.82) is 0 Å². The van der Waals surface area contributed by atoms with E-state index in [1.807, 2.05) is 0 Å². The van der Waals surface area contributed by atoms with Gasteiger partial charge in [-0.25, -0.2) is 4.98 Å². The van der Waals surface area contributed by atoms with Gasteiger partial charge in [-0.2, -0.15) is 0 Å². The van der Waals surface area contributed by atoms with Gasteiger partial charge in [0.25, 0.3) is 5.56 Å². The number of hydrogen-bond acceptors (Lipinski definition) is 6. The molecule has 0 saturated heterocycles. The summed E-state index contributed by atoms with van der Waals surface area (Å²) in [6.45, 7) is 1.17. The second-order valence-corrected chi connectivity index (χ2v) is 3.90. The molecule has 0 fully saturated rings. The Morgan fingerprint density at radius 2 is 2.17 bits per heavy atom. The predicted octanol–water partition coefficient (Wildman–Crippen LogP) is -0.161. The Balaban J connectivity index is 2.06. The van der Waals surface area contributed by atoms with E-state index >= 15 is 0 Å². The molecule has 0 aromatic carbocycles. The van der Waals surface area contributed by atoms with Crippen LogP contribution in [0.4, 0.5) is 0 Å². The molecule has 0 unspecified atom stereocenters. The second kappa shape index (κ2) is 4.19. The first-order valence-corrected chi connectivity index (χ1v) is 5.49. The van der Waals surface area contributed by atoms with Gasteiger partial charge in [0.1, 0.15) is 5.69 Å². The molecule has 2 N–H and O–H groups in total. The number of aromatic amines is 1. The smallest absolute Gasteiger partial charge is 0.256 e. The molecular weight excluding hydrogens is 234 g/mol. The lowest BCUT2D eigenvalue weighted by molar-refractivity contribution is 0.392. The monoisotopic (exact) mass is 245 g/mol. The van der Waals surface area contributed by atoms with Gasteiger partial charge in [0.05, 0.1) is 18.4 Å². The van der Waals surface area contributed by atoms with Crippen molar-refractivity contribution in [2.24, 2.45) is 0 Å². The largest absolute Gasteiger partial charge is 0.480 e. The molecule has 2 aromatic rings. The summed E-state index contributed by atoms with van der Waals surface area (Å²) in [5, 5.41) is 10.9. The van der Waals surface area contributed by atoms with E-state index in [-0.39, 0.29) is 5.56 Å². The lowest BCUT2D eigenvalue weighted by Crippen LogP contribution is -2.16. The molecule has 0 bridgehead atoms. The Morgan fingerprint density at radius 1 is 1.28 bits per heavy atom. The molecule has 0 spiro atoms. The molecule has 3 heterocycles. The first kappa shape index (κ1) is 10.8. The molecular formula is C11H11N5O2. The number of hydrogen-bond donors (Lipinski definition) is 2. The number of methoxy groups -OCH3 is 1. The average molecular weight is 245 g/mol. The van der Waals surface area contributed by atoms with Crippen molar-refractivity contribution in [3.8, 4) is 17.4 Å². The van der Waals surface area contributed by atoms with Crippen molar-refractivity contribution >= 4 is 0 Å². The van der Waals surface area contributed by atoms with Gasteiger partial charge in [-0.1, -0.05) is 0 Å². The van der Waals surface area contributed by atoms with Gasteiger partial charge in [-0.3, -0.25) is 4.79 Å². The van der Waals surface area contributed by atoms with Gasteiger partial charge < -0.3 is 15.0 Å². The third kappa shape index (κ3) is 1.74. The average Bonchev–Trinajstić information content (AvgIpc) is 2.88. The SMILES string of the molecule is COc1ccc(-c2nc3c(c(=O)[nH]2)CNC3)nn1. The Hall–Kier alpha value is -2.28. The number of fused-ring (bicyclic) bond motifs is 1. The van der Waals surface area contributed by atoms with Crippen molar-refractivity contribution in [2.45, 2.75) is 13.1 Å². The fourth-order valence-electron chi connectivity index (χ4n) is 1.86. The van der Waals surface area contributed by atoms with Crippen molar-refractivity contribution in [3.05, 3.63) is 33.7 Å². The van der Waals surface area contributed by atoms with Gasteiger partial charge in [0.15, 0.2) is 5.82 Å². The molecule has 0 saturated carbocycles. The van der Waals surface area contributed by atoms with E-state index in [2.05, 4.69) is 25.5 Å². The van der Waals surface area contributed by atoms with Crippen molar-refractivity contribution < 1.29 is 4.74 Å². The number of rotatable bonds is 2. The van der Waals surface area contributed by atoms with E-state index in [0.29, 0.717) is 36.1 Å². The van der Waals surface area contributed by atoms with Crippen molar-refractivity contribution in [1.82, 2.24) is 25.5 Å². The predicted molar refractivity (Wildman–Crippen MR) is 63.0 cm³/mol. The zero-order valence-electron chi connectivity index (χ0n) is 9.73. The molecule has 0 atom stereocenters. The lowest BCUT2D eigenvalue weighted by atomic mass is 10.2. The Bertz CT molecular complexity index is 635. The molecule has 0 radical (unpaired) electrons. The van der Waals surface area contributed by atoms with Crippen LogP contribution < -0.4 is 15.6 Å². The van der Waals surface area contributed by atoms with Gasteiger partial charge in [0.2, 0.25) is 5.88 Å². The summed E-state index contributed by atoms with van der Waals surface area (Å²) in [6.07, 6.45) is 0. The van der Waals surface area contributed by atoms with E-state index in [4.69, 9.17) is 4.74 Å². The highest BCUT2D eigenvalue weighted by molar-refractivity contribution is 5.49. The van der Waals surface area contributed by atoms with Crippen LogP contribution in [0.15, 0.2) is 16.9 Å². The van der Waals surface area contributed by atoms with Crippen molar-refractivity contribution in [2.75, 3.05) is 7.11 Å². The van der Waals surface area contributed by atoms with Crippen LogP contribution in [0.3, 0.4) is 0 Å². The molecule has 1 aliphatic rings. The Morgan fingerprint density at radius 3 is 2.89 bits per heavy atom. The maximum absolute atomic E-state index is 11.8. The van der Waals surface area contributed by atoms with Crippen LogP contribution in [0, 0.1) is 0 Å².